The SMILES string of the molecule is CC(=O)Nc1ccc(N(C)C)c(C(=O)N2CCC(C)CC2)c1. The third kappa shape index (κ3) is 3.78. The summed E-state index contributed by atoms with van der Waals surface area (Å²) < 4.78 is 0. The van der Waals surface area contributed by atoms with E-state index in [0.29, 0.717) is 17.2 Å². The third-order valence-electron chi connectivity index (χ3n) is 4.10. The molecule has 120 valence electrons. The Balaban J connectivity index is 2.29. The summed E-state index contributed by atoms with van der Waals surface area (Å²) in [4.78, 5) is 27.9. The highest BCUT2D eigenvalue weighted by atomic mass is 16.2. The van der Waals surface area contributed by atoms with Gasteiger partial charge in [-0.15, -0.1) is 0 Å². The average molecular weight is 303 g/mol. The first-order valence-electron chi connectivity index (χ1n) is 7.76. The van der Waals surface area contributed by atoms with Crippen LogP contribution in [0.1, 0.15) is 37.0 Å². The van der Waals surface area contributed by atoms with E-state index in [4.69, 9.17) is 0 Å². The van der Waals surface area contributed by atoms with Gasteiger partial charge in [0, 0.05) is 45.5 Å². The maximum absolute atomic E-state index is 12.9. The summed E-state index contributed by atoms with van der Waals surface area (Å²) in [7, 11) is 3.84. The van der Waals surface area contributed by atoms with E-state index >= 15 is 0 Å². The lowest BCUT2D eigenvalue weighted by atomic mass is 9.98. The van der Waals surface area contributed by atoms with Crippen molar-refractivity contribution >= 4 is 23.2 Å². The van der Waals surface area contributed by atoms with E-state index in [0.717, 1.165) is 31.6 Å². The Morgan fingerprint density at radius 1 is 1.23 bits per heavy atom. The number of carbonyl (C=O) groups is 2. The Labute approximate surface area is 132 Å². The van der Waals surface area contributed by atoms with Crippen LogP contribution in [-0.4, -0.2) is 43.9 Å². The molecule has 1 aliphatic rings. The van der Waals surface area contributed by atoms with Crippen molar-refractivity contribution in [3.05, 3.63) is 23.8 Å². The highest BCUT2D eigenvalue weighted by molar-refractivity contribution is 6.02. The van der Waals surface area contributed by atoms with Crippen LogP contribution in [0.15, 0.2) is 18.2 Å². The van der Waals surface area contributed by atoms with E-state index in [1.54, 1.807) is 6.07 Å². The standard InChI is InChI=1S/C17H25N3O2/c1-12-7-9-20(10-8-12)17(22)15-11-14(18-13(2)21)5-6-16(15)19(3)4/h5-6,11-12H,7-10H2,1-4H3,(H,18,21). The highest BCUT2D eigenvalue weighted by Gasteiger charge is 2.24. The highest BCUT2D eigenvalue weighted by Crippen LogP contribution is 2.26. The number of nitrogens with one attached hydrogen (secondary N) is 1. The van der Waals surface area contributed by atoms with Crippen molar-refractivity contribution in [1.82, 2.24) is 4.90 Å². The molecule has 0 atom stereocenters. The fourth-order valence-corrected chi connectivity index (χ4v) is 2.76. The van der Waals surface area contributed by atoms with Crippen molar-refractivity contribution in [2.75, 3.05) is 37.4 Å². The Hall–Kier alpha value is -2.04. The van der Waals surface area contributed by atoms with Gasteiger partial charge in [-0.2, -0.15) is 0 Å². The first-order chi connectivity index (χ1) is 10.4. The number of rotatable bonds is 3. The van der Waals surface area contributed by atoms with Crippen LogP contribution in [0.2, 0.25) is 0 Å². The largest absolute Gasteiger partial charge is 0.377 e. The third-order valence-corrected chi connectivity index (χ3v) is 4.10. The molecular formula is C17H25N3O2. The molecule has 22 heavy (non-hydrogen) atoms. The van der Waals surface area contributed by atoms with Crippen LogP contribution in [0.4, 0.5) is 11.4 Å². The van der Waals surface area contributed by atoms with Gasteiger partial charge in [0.25, 0.3) is 5.91 Å². The molecule has 1 heterocycles. The number of piperidine rings is 1. The summed E-state index contributed by atoms with van der Waals surface area (Å²) in [5, 5.41) is 2.75. The molecule has 5 heteroatoms. The minimum Gasteiger partial charge on any atom is -0.377 e. The number of likely N-dealkylation sites (tertiary alicyclic amines) is 1. The van der Waals surface area contributed by atoms with Gasteiger partial charge in [0.15, 0.2) is 0 Å². The zero-order chi connectivity index (χ0) is 16.3. The number of anilines is 2. The van der Waals surface area contributed by atoms with Crippen LogP contribution in [0.25, 0.3) is 0 Å². The van der Waals surface area contributed by atoms with Crippen molar-refractivity contribution < 1.29 is 9.59 Å². The van der Waals surface area contributed by atoms with Crippen molar-refractivity contribution in [3.8, 4) is 0 Å². The Morgan fingerprint density at radius 3 is 2.41 bits per heavy atom. The number of nitrogens with zero attached hydrogens (tertiary/aromatic N) is 2. The summed E-state index contributed by atoms with van der Waals surface area (Å²) in [6.45, 7) is 5.30. The number of hydrogen-bond acceptors (Lipinski definition) is 3. The second-order valence-corrected chi connectivity index (χ2v) is 6.28. The average Bonchev–Trinajstić information content (AvgIpc) is 2.46. The van der Waals surface area contributed by atoms with Crippen LogP contribution in [0.5, 0.6) is 0 Å². The molecule has 1 aromatic carbocycles. The minimum atomic E-state index is -0.136. The van der Waals surface area contributed by atoms with Crippen molar-refractivity contribution in [2.24, 2.45) is 5.92 Å². The zero-order valence-electron chi connectivity index (χ0n) is 13.8. The van der Waals surface area contributed by atoms with Gasteiger partial charge in [-0.3, -0.25) is 9.59 Å². The molecule has 0 aromatic heterocycles. The molecular weight excluding hydrogens is 278 g/mol. The van der Waals surface area contributed by atoms with Crippen LogP contribution in [0.3, 0.4) is 0 Å². The monoisotopic (exact) mass is 303 g/mol. The normalized spacial score (nSPS) is 15.5. The van der Waals surface area contributed by atoms with E-state index in [-0.39, 0.29) is 11.8 Å². The number of benzene rings is 1. The quantitative estimate of drug-likeness (QED) is 0.934. The smallest absolute Gasteiger partial charge is 0.256 e. The van der Waals surface area contributed by atoms with E-state index in [9.17, 15) is 9.59 Å². The molecule has 0 bridgehead atoms. The Bertz CT molecular complexity index is 561. The minimum absolute atomic E-state index is 0.0443. The maximum atomic E-state index is 12.9. The number of carbonyl (C=O) groups excluding carboxylic acids is 2. The van der Waals surface area contributed by atoms with E-state index < -0.39 is 0 Å². The molecule has 0 unspecified atom stereocenters. The lowest BCUT2D eigenvalue weighted by Crippen LogP contribution is -2.38. The molecule has 0 spiro atoms. The molecule has 5 nitrogen and oxygen atoms in total. The lowest BCUT2D eigenvalue weighted by molar-refractivity contribution is -0.114. The van der Waals surface area contributed by atoms with Gasteiger partial charge in [0.2, 0.25) is 5.91 Å². The van der Waals surface area contributed by atoms with Crippen LogP contribution in [0, 0.1) is 5.92 Å². The van der Waals surface area contributed by atoms with Crippen LogP contribution in [-0.2, 0) is 4.79 Å². The van der Waals surface area contributed by atoms with Gasteiger partial charge in [-0.25, -0.2) is 0 Å². The molecule has 0 aliphatic carbocycles. The summed E-state index contributed by atoms with van der Waals surface area (Å²) in [6.07, 6.45) is 2.10. The van der Waals surface area contributed by atoms with E-state index in [1.807, 2.05) is 36.0 Å². The van der Waals surface area contributed by atoms with Gasteiger partial charge in [0.05, 0.1) is 5.56 Å². The predicted molar refractivity (Wildman–Crippen MR) is 89.4 cm³/mol. The lowest BCUT2D eigenvalue weighted by Gasteiger charge is -2.31. The van der Waals surface area contributed by atoms with Crippen LogP contribution >= 0.6 is 0 Å². The first-order valence-corrected chi connectivity index (χ1v) is 7.76. The van der Waals surface area contributed by atoms with Gasteiger partial charge in [0.1, 0.15) is 0 Å². The summed E-state index contributed by atoms with van der Waals surface area (Å²) in [5.74, 6) is 0.591. The van der Waals surface area contributed by atoms with Gasteiger partial charge in [-0.05, 0) is 37.0 Å². The number of hydrogen-bond donors (Lipinski definition) is 1. The fraction of sp³-hybridized carbons (Fsp3) is 0.529. The summed E-state index contributed by atoms with van der Waals surface area (Å²) in [5.41, 5.74) is 2.18. The molecule has 1 fully saturated rings. The molecule has 2 amide bonds. The Kier molecular flexibility index (Phi) is 5.06. The zero-order valence-corrected chi connectivity index (χ0v) is 13.8. The van der Waals surface area contributed by atoms with Crippen molar-refractivity contribution in [3.63, 3.8) is 0 Å². The molecule has 1 saturated heterocycles. The van der Waals surface area contributed by atoms with Gasteiger partial charge >= 0.3 is 0 Å². The summed E-state index contributed by atoms with van der Waals surface area (Å²) >= 11 is 0. The molecule has 1 aliphatic heterocycles. The van der Waals surface area contributed by atoms with E-state index in [1.165, 1.54) is 6.92 Å². The Morgan fingerprint density at radius 2 is 1.86 bits per heavy atom. The summed E-state index contributed by atoms with van der Waals surface area (Å²) in [6, 6.07) is 5.48. The topological polar surface area (TPSA) is 52.7 Å². The fourth-order valence-electron chi connectivity index (χ4n) is 2.76. The first kappa shape index (κ1) is 16.3. The van der Waals surface area contributed by atoms with Crippen LogP contribution < -0.4 is 10.2 Å². The molecule has 1 N–H and O–H groups in total. The predicted octanol–water partition coefficient (Wildman–Crippen LogP) is 2.58. The maximum Gasteiger partial charge on any atom is 0.256 e. The van der Waals surface area contributed by atoms with E-state index in [2.05, 4.69) is 12.2 Å². The second kappa shape index (κ2) is 6.81. The molecule has 2 rings (SSSR count). The second-order valence-electron chi connectivity index (χ2n) is 6.28. The van der Waals surface area contributed by atoms with Gasteiger partial charge < -0.3 is 15.1 Å². The molecule has 0 radical (unpaired) electrons. The van der Waals surface area contributed by atoms with Gasteiger partial charge in [-0.1, -0.05) is 6.92 Å². The molecule has 1 aromatic rings. The molecule has 0 saturated carbocycles. The van der Waals surface area contributed by atoms with Crippen molar-refractivity contribution in [1.29, 1.82) is 0 Å². The van der Waals surface area contributed by atoms with Crippen molar-refractivity contribution in [2.45, 2.75) is 26.7 Å². The number of amides is 2.